The molecule has 1 heterocycles. The molecule has 0 aliphatic carbocycles. The summed E-state index contributed by atoms with van der Waals surface area (Å²) in [5, 5.41) is 9.19. The van der Waals surface area contributed by atoms with E-state index in [1.807, 2.05) is 0 Å². The summed E-state index contributed by atoms with van der Waals surface area (Å²) >= 11 is 0. The molecular formula is C14H13F3N2O3. The Bertz CT molecular complexity index is 630. The monoisotopic (exact) mass is 314 g/mol. The molecule has 0 aliphatic rings. The van der Waals surface area contributed by atoms with Crippen molar-refractivity contribution in [1.29, 1.82) is 0 Å². The van der Waals surface area contributed by atoms with Crippen LogP contribution in [-0.2, 0) is 18.0 Å². The average Bonchev–Trinajstić information content (AvgIpc) is 2.47. The highest BCUT2D eigenvalue weighted by atomic mass is 19.4. The highest BCUT2D eigenvalue weighted by Crippen LogP contribution is 2.25. The van der Waals surface area contributed by atoms with Gasteiger partial charge < -0.3 is 14.6 Å². The summed E-state index contributed by atoms with van der Waals surface area (Å²) in [6.45, 7) is -0.0297. The van der Waals surface area contributed by atoms with Gasteiger partial charge in [0.2, 0.25) is 0 Å². The number of alkyl halides is 3. The highest BCUT2D eigenvalue weighted by Gasteiger charge is 2.31. The molecule has 118 valence electrons. The van der Waals surface area contributed by atoms with E-state index in [1.165, 1.54) is 37.6 Å². The molecule has 0 aliphatic heterocycles. The van der Waals surface area contributed by atoms with Gasteiger partial charge in [-0.25, -0.2) is 9.97 Å². The molecule has 1 N–H and O–H groups in total. The normalized spacial score (nSPS) is 11.5. The lowest BCUT2D eigenvalue weighted by atomic mass is 10.2. The summed E-state index contributed by atoms with van der Waals surface area (Å²) in [5.74, 6) is 0.00292. The summed E-state index contributed by atoms with van der Waals surface area (Å²) in [4.78, 5) is 8.33. The van der Waals surface area contributed by atoms with E-state index in [0.29, 0.717) is 22.6 Å². The molecular weight excluding hydrogens is 301 g/mol. The van der Waals surface area contributed by atoms with Crippen molar-refractivity contribution in [1.82, 2.24) is 9.97 Å². The molecule has 0 spiro atoms. The SMILES string of the molecule is COCc1nc(-c2ccc(OC(F)(F)F)cc2)ncc1CO. The van der Waals surface area contributed by atoms with Gasteiger partial charge >= 0.3 is 6.36 Å². The number of aliphatic hydroxyl groups excluding tert-OH is 1. The fourth-order valence-corrected chi connectivity index (χ4v) is 1.78. The van der Waals surface area contributed by atoms with Crippen molar-refractivity contribution in [2.24, 2.45) is 0 Å². The molecule has 0 unspecified atom stereocenters. The first-order chi connectivity index (χ1) is 10.4. The molecule has 1 aromatic heterocycles. The van der Waals surface area contributed by atoms with Crippen LogP contribution in [-0.4, -0.2) is 28.5 Å². The van der Waals surface area contributed by atoms with Crippen LogP contribution in [0.1, 0.15) is 11.3 Å². The second-order valence-electron chi connectivity index (χ2n) is 4.33. The predicted molar refractivity (Wildman–Crippen MR) is 70.8 cm³/mol. The molecule has 0 bridgehead atoms. The lowest BCUT2D eigenvalue weighted by Gasteiger charge is -2.10. The third-order valence-electron chi connectivity index (χ3n) is 2.75. The van der Waals surface area contributed by atoms with E-state index in [0.717, 1.165) is 0 Å². The maximum Gasteiger partial charge on any atom is 0.573 e. The molecule has 0 fully saturated rings. The quantitative estimate of drug-likeness (QED) is 0.919. The highest BCUT2D eigenvalue weighted by molar-refractivity contribution is 5.56. The summed E-state index contributed by atoms with van der Waals surface area (Å²) in [6, 6.07) is 5.21. The average molecular weight is 314 g/mol. The second-order valence-corrected chi connectivity index (χ2v) is 4.33. The van der Waals surface area contributed by atoms with Gasteiger partial charge in [-0.05, 0) is 24.3 Å². The molecule has 2 rings (SSSR count). The zero-order valence-electron chi connectivity index (χ0n) is 11.6. The number of aliphatic hydroxyl groups is 1. The Morgan fingerprint density at radius 3 is 2.41 bits per heavy atom. The van der Waals surface area contributed by atoms with E-state index < -0.39 is 6.36 Å². The van der Waals surface area contributed by atoms with Gasteiger partial charge in [-0.3, -0.25) is 0 Å². The molecule has 22 heavy (non-hydrogen) atoms. The number of rotatable bonds is 5. The van der Waals surface area contributed by atoms with E-state index >= 15 is 0 Å². The number of benzene rings is 1. The minimum absolute atomic E-state index is 0.195. The van der Waals surface area contributed by atoms with Gasteiger partial charge in [0.15, 0.2) is 5.82 Å². The van der Waals surface area contributed by atoms with Crippen molar-refractivity contribution in [3.63, 3.8) is 0 Å². The maximum atomic E-state index is 12.1. The Kier molecular flexibility index (Phi) is 4.94. The van der Waals surface area contributed by atoms with Crippen LogP contribution in [0.3, 0.4) is 0 Å². The van der Waals surface area contributed by atoms with Crippen molar-refractivity contribution in [3.05, 3.63) is 41.7 Å². The second kappa shape index (κ2) is 6.71. The van der Waals surface area contributed by atoms with Gasteiger partial charge in [-0.1, -0.05) is 0 Å². The van der Waals surface area contributed by atoms with Crippen molar-refractivity contribution >= 4 is 0 Å². The molecule has 2 aromatic rings. The maximum absolute atomic E-state index is 12.1. The number of hydrogen-bond acceptors (Lipinski definition) is 5. The van der Waals surface area contributed by atoms with E-state index in [1.54, 1.807) is 0 Å². The zero-order chi connectivity index (χ0) is 16.2. The number of halogens is 3. The van der Waals surface area contributed by atoms with E-state index in [9.17, 15) is 18.3 Å². The Labute approximate surface area is 124 Å². The van der Waals surface area contributed by atoms with Gasteiger partial charge in [0.05, 0.1) is 18.9 Å². The molecule has 0 radical (unpaired) electrons. The molecule has 0 saturated heterocycles. The largest absolute Gasteiger partial charge is 0.573 e. The van der Waals surface area contributed by atoms with Crippen LogP contribution in [0.5, 0.6) is 5.75 Å². The van der Waals surface area contributed by atoms with Crippen LogP contribution in [0.2, 0.25) is 0 Å². The molecule has 0 amide bonds. The van der Waals surface area contributed by atoms with E-state index in [-0.39, 0.29) is 19.0 Å². The van der Waals surface area contributed by atoms with E-state index in [4.69, 9.17) is 4.74 Å². The molecule has 0 saturated carbocycles. The number of hydrogen-bond donors (Lipinski definition) is 1. The smallest absolute Gasteiger partial charge is 0.406 e. The summed E-state index contributed by atoms with van der Waals surface area (Å²) in [7, 11) is 1.49. The summed E-state index contributed by atoms with van der Waals surface area (Å²) in [5.41, 5.74) is 1.57. The Morgan fingerprint density at radius 2 is 1.86 bits per heavy atom. The summed E-state index contributed by atoms with van der Waals surface area (Å²) < 4.78 is 45.1. The van der Waals surface area contributed by atoms with Crippen LogP contribution in [0, 0.1) is 0 Å². The molecule has 1 aromatic carbocycles. The third-order valence-corrected chi connectivity index (χ3v) is 2.75. The van der Waals surface area contributed by atoms with Gasteiger partial charge in [-0.2, -0.15) is 0 Å². The number of nitrogens with zero attached hydrogens (tertiary/aromatic N) is 2. The van der Waals surface area contributed by atoms with Crippen molar-refractivity contribution in [2.75, 3.05) is 7.11 Å². The lowest BCUT2D eigenvalue weighted by molar-refractivity contribution is -0.274. The first kappa shape index (κ1) is 16.2. The molecule has 8 heteroatoms. The van der Waals surface area contributed by atoms with Crippen molar-refractivity contribution < 1.29 is 27.8 Å². The number of ether oxygens (including phenoxy) is 2. The van der Waals surface area contributed by atoms with Gasteiger partial charge in [0, 0.05) is 24.4 Å². The lowest BCUT2D eigenvalue weighted by Crippen LogP contribution is -2.16. The Balaban J connectivity index is 2.26. The summed E-state index contributed by atoms with van der Waals surface area (Å²) in [6.07, 6.45) is -3.27. The van der Waals surface area contributed by atoms with Gasteiger partial charge in [0.1, 0.15) is 5.75 Å². The Morgan fingerprint density at radius 1 is 1.18 bits per heavy atom. The van der Waals surface area contributed by atoms with Crippen LogP contribution < -0.4 is 4.74 Å². The first-order valence-corrected chi connectivity index (χ1v) is 6.23. The van der Waals surface area contributed by atoms with Crippen LogP contribution in [0.4, 0.5) is 13.2 Å². The van der Waals surface area contributed by atoms with Crippen molar-refractivity contribution in [2.45, 2.75) is 19.6 Å². The van der Waals surface area contributed by atoms with Gasteiger partial charge in [-0.15, -0.1) is 13.2 Å². The fourth-order valence-electron chi connectivity index (χ4n) is 1.78. The van der Waals surface area contributed by atoms with E-state index in [2.05, 4.69) is 14.7 Å². The topological polar surface area (TPSA) is 64.5 Å². The van der Waals surface area contributed by atoms with Crippen molar-refractivity contribution in [3.8, 4) is 17.1 Å². The molecule has 5 nitrogen and oxygen atoms in total. The van der Waals surface area contributed by atoms with Crippen LogP contribution in [0.15, 0.2) is 30.5 Å². The minimum atomic E-state index is -4.73. The fraction of sp³-hybridized carbons (Fsp3) is 0.286. The predicted octanol–water partition coefficient (Wildman–Crippen LogP) is 2.68. The standard InChI is InChI=1S/C14H13F3N2O3/c1-21-8-12-10(7-20)6-18-13(19-12)9-2-4-11(5-3-9)22-14(15,16)17/h2-6,20H,7-8H2,1H3. The van der Waals surface area contributed by atoms with Crippen LogP contribution in [0.25, 0.3) is 11.4 Å². The van der Waals surface area contributed by atoms with Gasteiger partial charge in [0.25, 0.3) is 0 Å². The number of aromatic nitrogens is 2. The molecule has 0 atom stereocenters. The Hall–Kier alpha value is -2.19. The zero-order valence-corrected chi connectivity index (χ0v) is 11.6. The third kappa shape index (κ3) is 4.15. The first-order valence-electron chi connectivity index (χ1n) is 6.23. The van der Waals surface area contributed by atoms with Crippen LogP contribution >= 0.6 is 0 Å². The minimum Gasteiger partial charge on any atom is -0.406 e. The number of methoxy groups -OCH3 is 1.